The molecule has 0 amide bonds. The summed E-state index contributed by atoms with van der Waals surface area (Å²) in [6.45, 7) is 0. The number of carboxylic acid groups (broad SMARTS) is 1. The lowest BCUT2D eigenvalue weighted by Crippen LogP contribution is -2.19. The van der Waals surface area contributed by atoms with Crippen LogP contribution in [0.1, 0.15) is 30.7 Å². The Morgan fingerprint density at radius 3 is 2.60 bits per heavy atom. The highest BCUT2D eigenvalue weighted by Gasteiger charge is 2.26. The molecule has 1 N–H and O–H groups in total. The van der Waals surface area contributed by atoms with Crippen molar-refractivity contribution in [3.63, 3.8) is 0 Å². The third-order valence-electron chi connectivity index (χ3n) is 4.89. The summed E-state index contributed by atoms with van der Waals surface area (Å²) >= 11 is 0. The van der Waals surface area contributed by atoms with Gasteiger partial charge in [-0.05, 0) is 24.1 Å². The first-order valence-electron chi connectivity index (χ1n) is 9.59. The molecule has 156 valence electrons. The van der Waals surface area contributed by atoms with Crippen molar-refractivity contribution >= 4 is 32.7 Å². The molecule has 1 aliphatic rings. The molecule has 0 bridgehead atoms. The lowest BCUT2D eigenvalue weighted by molar-refractivity contribution is -0.139. The van der Waals surface area contributed by atoms with Crippen molar-refractivity contribution in [3.8, 4) is 0 Å². The number of hydrogen-bond acceptors (Lipinski definition) is 6. The van der Waals surface area contributed by atoms with Gasteiger partial charge in [0, 0.05) is 12.8 Å². The van der Waals surface area contributed by atoms with Crippen LogP contribution in [0.4, 0.5) is 0 Å². The van der Waals surface area contributed by atoms with Gasteiger partial charge in [0.1, 0.15) is 11.9 Å². The van der Waals surface area contributed by atoms with E-state index in [0.717, 1.165) is 0 Å². The van der Waals surface area contributed by atoms with Gasteiger partial charge in [-0.1, -0.05) is 47.6 Å². The van der Waals surface area contributed by atoms with E-state index in [0.29, 0.717) is 47.4 Å². The zero-order valence-electron chi connectivity index (χ0n) is 16.1. The van der Waals surface area contributed by atoms with Crippen molar-refractivity contribution in [3.05, 3.63) is 66.0 Å². The molecule has 30 heavy (non-hydrogen) atoms. The molecule has 9 heteroatoms. The lowest BCUT2D eigenvalue weighted by Gasteiger charge is -2.11. The highest BCUT2D eigenvalue weighted by molar-refractivity contribution is 7.89. The predicted octanol–water partition coefficient (Wildman–Crippen LogP) is 2.97. The molecule has 0 saturated carbocycles. The number of aryl methyl sites for hydroxylation is 1. The molecule has 1 aliphatic heterocycles. The number of imidazole rings is 1. The maximum absolute atomic E-state index is 13.3. The van der Waals surface area contributed by atoms with E-state index in [9.17, 15) is 13.2 Å². The van der Waals surface area contributed by atoms with Gasteiger partial charge in [0.05, 0.1) is 28.9 Å². The SMILES string of the molecule is O=C(O)CC1CC(CCc2nc3ccccc3n2S(=O)(=O)Cc2ccccc2)=NO1. The molecular formula is C21H21N3O5S. The number of para-hydroxylation sites is 2. The van der Waals surface area contributed by atoms with E-state index in [1.807, 2.05) is 24.3 Å². The fraction of sp³-hybridized carbons (Fsp3) is 0.286. The van der Waals surface area contributed by atoms with Crippen molar-refractivity contribution < 1.29 is 23.2 Å². The largest absolute Gasteiger partial charge is 0.481 e. The highest BCUT2D eigenvalue weighted by Crippen LogP contribution is 2.23. The average molecular weight is 427 g/mol. The van der Waals surface area contributed by atoms with Crippen molar-refractivity contribution in [2.75, 3.05) is 0 Å². The molecular weight excluding hydrogens is 406 g/mol. The monoisotopic (exact) mass is 427 g/mol. The van der Waals surface area contributed by atoms with Crippen LogP contribution >= 0.6 is 0 Å². The molecule has 0 fully saturated rings. The fourth-order valence-corrected chi connectivity index (χ4v) is 5.22. The van der Waals surface area contributed by atoms with Crippen molar-refractivity contribution in [1.29, 1.82) is 0 Å². The number of benzene rings is 2. The molecule has 3 aromatic rings. The summed E-state index contributed by atoms with van der Waals surface area (Å²) < 4.78 is 27.9. The summed E-state index contributed by atoms with van der Waals surface area (Å²) in [5, 5.41) is 12.9. The highest BCUT2D eigenvalue weighted by atomic mass is 32.2. The van der Waals surface area contributed by atoms with Gasteiger partial charge in [-0.25, -0.2) is 17.4 Å². The van der Waals surface area contributed by atoms with Crippen LogP contribution in [0.2, 0.25) is 0 Å². The Morgan fingerprint density at radius 2 is 1.83 bits per heavy atom. The number of rotatable bonds is 8. The molecule has 0 spiro atoms. The molecule has 1 aromatic heterocycles. The Bertz CT molecular complexity index is 1200. The maximum atomic E-state index is 13.3. The number of carboxylic acids is 1. The Kier molecular flexibility index (Phi) is 5.54. The Morgan fingerprint density at radius 1 is 1.10 bits per heavy atom. The molecule has 4 rings (SSSR count). The quantitative estimate of drug-likeness (QED) is 0.592. The molecule has 2 aromatic carbocycles. The second-order valence-corrected chi connectivity index (χ2v) is 9.03. The molecule has 0 saturated heterocycles. The molecule has 2 heterocycles. The summed E-state index contributed by atoms with van der Waals surface area (Å²) in [7, 11) is -3.69. The van der Waals surface area contributed by atoms with Crippen LogP contribution in [-0.4, -0.2) is 40.3 Å². The maximum Gasteiger partial charge on any atom is 0.307 e. The fourth-order valence-electron chi connectivity index (χ4n) is 3.57. The minimum absolute atomic E-state index is 0.114. The van der Waals surface area contributed by atoms with E-state index >= 15 is 0 Å². The summed E-state index contributed by atoms with van der Waals surface area (Å²) in [6, 6.07) is 16.2. The first kappa shape index (κ1) is 20.1. The molecule has 0 radical (unpaired) electrons. The first-order chi connectivity index (χ1) is 14.4. The number of hydrogen-bond donors (Lipinski definition) is 1. The number of aromatic nitrogens is 2. The predicted molar refractivity (Wildman–Crippen MR) is 112 cm³/mol. The van der Waals surface area contributed by atoms with Gasteiger partial charge in [-0.15, -0.1) is 0 Å². The van der Waals surface area contributed by atoms with Crippen LogP contribution in [0.25, 0.3) is 11.0 Å². The third kappa shape index (κ3) is 4.35. The van der Waals surface area contributed by atoms with Gasteiger partial charge in [0.25, 0.3) is 0 Å². The average Bonchev–Trinajstić information content (AvgIpc) is 3.30. The van der Waals surface area contributed by atoms with Gasteiger partial charge in [-0.3, -0.25) is 4.79 Å². The lowest BCUT2D eigenvalue weighted by atomic mass is 10.1. The standard InChI is InChI=1S/C21H21N3O5S/c25-21(26)13-17-12-16(23-29-17)10-11-20-22-18-8-4-5-9-19(18)24(20)30(27,28)14-15-6-2-1-3-7-15/h1-9,17H,10-14H2,(H,25,26). The normalized spacial score (nSPS) is 16.4. The summed E-state index contributed by atoms with van der Waals surface area (Å²) in [5.41, 5.74) is 2.56. The number of nitrogens with zero attached hydrogens (tertiary/aromatic N) is 3. The minimum Gasteiger partial charge on any atom is -0.481 e. The van der Waals surface area contributed by atoms with Gasteiger partial charge in [0.15, 0.2) is 0 Å². The molecule has 0 aliphatic carbocycles. The Labute approximate surface area is 173 Å². The second-order valence-electron chi connectivity index (χ2n) is 7.21. The first-order valence-corrected chi connectivity index (χ1v) is 11.2. The molecule has 8 nitrogen and oxygen atoms in total. The topological polar surface area (TPSA) is 111 Å². The van der Waals surface area contributed by atoms with E-state index < -0.39 is 22.1 Å². The third-order valence-corrected chi connectivity index (χ3v) is 6.55. The molecule has 1 atom stereocenters. The minimum atomic E-state index is -3.69. The van der Waals surface area contributed by atoms with Gasteiger partial charge < -0.3 is 9.94 Å². The van der Waals surface area contributed by atoms with E-state index in [2.05, 4.69) is 10.1 Å². The summed E-state index contributed by atoms with van der Waals surface area (Å²) in [6.07, 6.45) is 0.628. The second kappa shape index (κ2) is 8.27. The van der Waals surface area contributed by atoms with Crippen LogP contribution < -0.4 is 0 Å². The van der Waals surface area contributed by atoms with E-state index in [1.165, 1.54) is 3.97 Å². The van der Waals surface area contributed by atoms with Crippen LogP contribution in [0, 0.1) is 0 Å². The van der Waals surface area contributed by atoms with Gasteiger partial charge in [0.2, 0.25) is 10.0 Å². The number of oxime groups is 1. The van der Waals surface area contributed by atoms with Crippen LogP contribution in [0.3, 0.4) is 0 Å². The smallest absolute Gasteiger partial charge is 0.307 e. The van der Waals surface area contributed by atoms with Gasteiger partial charge in [-0.2, -0.15) is 0 Å². The van der Waals surface area contributed by atoms with E-state index in [4.69, 9.17) is 9.94 Å². The number of fused-ring (bicyclic) bond motifs is 1. The zero-order valence-corrected chi connectivity index (χ0v) is 17.0. The van der Waals surface area contributed by atoms with Crippen molar-refractivity contribution in [2.24, 2.45) is 5.16 Å². The van der Waals surface area contributed by atoms with Crippen LogP contribution in [0.5, 0.6) is 0 Å². The van der Waals surface area contributed by atoms with E-state index in [1.54, 1.807) is 30.3 Å². The Balaban J connectivity index is 1.59. The van der Waals surface area contributed by atoms with Crippen molar-refractivity contribution in [2.45, 2.75) is 37.5 Å². The van der Waals surface area contributed by atoms with Crippen LogP contribution in [-0.2, 0) is 31.8 Å². The van der Waals surface area contributed by atoms with Crippen molar-refractivity contribution in [1.82, 2.24) is 8.96 Å². The summed E-state index contributed by atoms with van der Waals surface area (Å²) in [5.74, 6) is -0.645. The summed E-state index contributed by atoms with van der Waals surface area (Å²) in [4.78, 5) is 20.5. The van der Waals surface area contributed by atoms with Crippen LogP contribution in [0.15, 0.2) is 59.8 Å². The number of carbonyl (C=O) groups is 1. The van der Waals surface area contributed by atoms with E-state index in [-0.39, 0.29) is 12.2 Å². The number of aliphatic carboxylic acids is 1. The molecule has 1 unspecified atom stereocenters. The zero-order chi connectivity index (χ0) is 21.1. The van der Waals surface area contributed by atoms with Gasteiger partial charge >= 0.3 is 5.97 Å². The Hall–Kier alpha value is -3.20.